The summed E-state index contributed by atoms with van der Waals surface area (Å²) in [6, 6.07) is 22.8. The number of phenols is 1. The molecule has 0 bridgehead atoms. The van der Waals surface area contributed by atoms with E-state index in [2.05, 4.69) is 30.6 Å². The lowest BCUT2D eigenvalue weighted by Gasteiger charge is -2.45. The number of amides is 6. The van der Waals surface area contributed by atoms with Crippen LogP contribution in [0, 0.1) is 5.92 Å². The van der Waals surface area contributed by atoms with Crippen LogP contribution in [-0.2, 0) is 24.6 Å². The van der Waals surface area contributed by atoms with Crippen LogP contribution in [0.2, 0.25) is 0 Å². The van der Waals surface area contributed by atoms with E-state index >= 15 is 0 Å². The number of aromatic hydroxyl groups is 1. The highest BCUT2D eigenvalue weighted by Gasteiger charge is 2.47. The summed E-state index contributed by atoms with van der Waals surface area (Å²) >= 11 is 0. The number of nitrogens with one attached hydrogen (secondary N) is 2. The molecule has 16 heteroatoms. The number of hydrogen-bond acceptors (Lipinski definition) is 12. The van der Waals surface area contributed by atoms with Gasteiger partial charge in [0.15, 0.2) is 5.82 Å². The lowest BCUT2D eigenvalue weighted by molar-refractivity contribution is -0.140. The summed E-state index contributed by atoms with van der Waals surface area (Å²) < 4.78 is 0. The molecule has 5 aliphatic rings. The van der Waals surface area contributed by atoms with Gasteiger partial charge >= 0.3 is 0 Å². The van der Waals surface area contributed by atoms with Crippen LogP contribution >= 0.6 is 0 Å². The van der Waals surface area contributed by atoms with Crippen molar-refractivity contribution in [2.75, 3.05) is 54.8 Å². The molecule has 0 aliphatic carbocycles. The quantitative estimate of drug-likeness (QED) is 0.188. The third-order valence-electron chi connectivity index (χ3n) is 13.5. The smallest absolute Gasteiger partial charge is 0.262 e. The largest absolute Gasteiger partial charge is 0.507 e. The fraction of sp³-hybridized carbons (Fsp3) is 0.391. The van der Waals surface area contributed by atoms with Crippen molar-refractivity contribution in [2.45, 2.75) is 68.9 Å². The summed E-state index contributed by atoms with van der Waals surface area (Å²) in [6.45, 7) is 3.37. The van der Waals surface area contributed by atoms with Crippen LogP contribution in [-0.4, -0.2) is 112 Å². The van der Waals surface area contributed by atoms with Gasteiger partial charge in [-0.15, -0.1) is 10.2 Å². The lowest BCUT2D eigenvalue weighted by atomic mass is 9.71. The van der Waals surface area contributed by atoms with Crippen molar-refractivity contribution in [3.63, 3.8) is 0 Å². The summed E-state index contributed by atoms with van der Waals surface area (Å²) in [5.74, 6) is -1.85. The Morgan fingerprint density at radius 3 is 2.15 bits per heavy atom. The first-order valence-corrected chi connectivity index (χ1v) is 21.4. The second-order valence-corrected chi connectivity index (χ2v) is 17.0. The SMILES string of the molecule is Nc1nnc(-c2ccccc2O)cc1N1CCC(C(=O)N2CCC(NC(=O)C3CCN(c4ccc5c(c4)C(=O)N(C4CCC(=O)NC4=O)C5=O)CC3)CC2)(c2ccccc2)CC1. The Kier molecular flexibility index (Phi) is 10.8. The van der Waals surface area contributed by atoms with Crippen LogP contribution in [0.15, 0.2) is 78.9 Å². The average Bonchev–Trinajstić information content (AvgIpc) is 3.54. The first kappa shape index (κ1) is 40.6. The zero-order chi connectivity index (χ0) is 43.1. The molecule has 16 nitrogen and oxygen atoms in total. The van der Waals surface area contributed by atoms with Crippen LogP contribution < -0.4 is 26.2 Å². The van der Waals surface area contributed by atoms with Gasteiger partial charge in [-0.2, -0.15) is 0 Å². The molecule has 4 fully saturated rings. The van der Waals surface area contributed by atoms with Crippen LogP contribution in [0.3, 0.4) is 0 Å². The van der Waals surface area contributed by atoms with Crippen LogP contribution in [0.4, 0.5) is 17.2 Å². The Hall–Kier alpha value is -6.84. The number of para-hydroxylation sites is 1. The Morgan fingerprint density at radius 2 is 1.44 bits per heavy atom. The predicted octanol–water partition coefficient (Wildman–Crippen LogP) is 3.39. The standard InChI is InChI=1S/C46H49N9O7/c47-40-37(27-35(50-51-40)33-8-4-5-9-38(33)56)53-24-18-46(19-25-53,29-6-2-1-3-7-29)45(62)54-22-16-30(17-23-54)48-41(58)28-14-20-52(21-15-28)31-10-11-32-34(26-31)44(61)55(43(32)60)36-12-13-39(57)49-42(36)59/h1-11,26-28,30,36,56H,12-25H2,(H2,47,51)(H,48,58)(H,49,57,59). The first-order chi connectivity index (χ1) is 30.0. The molecule has 320 valence electrons. The Bertz CT molecular complexity index is 2440. The minimum absolute atomic E-state index is 0.00710. The molecular formula is C46H49N9O7. The van der Waals surface area contributed by atoms with Crippen LogP contribution in [0.5, 0.6) is 5.75 Å². The Labute approximate surface area is 358 Å². The van der Waals surface area contributed by atoms with Crippen molar-refractivity contribution in [3.05, 3.63) is 95.6 Å². The minimum Gasteiger partial charge on any atom is -0.507 e. The number of hydrogen-bond donors (Lipinski definition) is 4. The minimum atomic E-state index is -1.02. The summed E-state index contributed by atoms with van der Waals surface area (Å²) in [5, 5.41) is 24.4. The maximum atomic E-state index is 14.7. The number of nitrogens with zero attached hydrogens (tertiary/aromatic N) is 6. The third kappa shape index (κ3) is 7.47. The Morgan fingerprint density at radius 1 is 0.742 bits per heavy atom. The van der Waals surface area contributed by atoms with E-state index in [0.29, 0.717) is 94.7 Å². The maximum Gasteiger partial charge on any atom is 0.262 e. The van der Waals surface area contributed by atoms with E-state index in [1.807, 2.05) is 47.4 Å². The van der Waals surface area contributed by atoms with E-state index in [1.54, 1.807) is 36.4 Å². The number of aromatic nitrogens is 2. The molecule has 6 heterocycles. The van der Waals surface area contributed by atoms with Gasteiger partial charge in [0.2, 0.25) is 23.6 Å². The number of phenolic OH excluding ortho intramolecular Hbond substituents is 1. The van der Waals surface area contributed by atoms with E-state index in [0.717, 1.165) is 16.2 Å². The van der Waals surface area contributed by atoms with Gasteiger partial charge in [-0.05, 0) is 86.9 Å². The second-order valence-electron chi connectivity index (χ2n) is 17.0. The summed E-state index contributed by atoms with van der Waals surface area (Å²) in [4.78, 5) is 86.1. The fourth-order valence-corrected chi connectivity index (χ4v) is 9.88. The number of piperidine rings is 4. The van der Waals surface area contributed by atoms with E-state index in [4.69, 9.17) is 5.73 Å². The van der Waals surface area contributed by atoms with Crippen molar-refractivity contribution in [2.24, 2.45) is 5.92 Å². The molecular weight excluding hydrogens is 791 g/mol. The van der Waals surface area contributed by atoms with Crippen molar-refractivity contribution in [1.29, 1.82) is 0 Å². The summed E-state index contributed by atoms with van der Waals surface area (Å²) in [5.41, 5.74) is 9.62. The highest BCUT2D eigenvalue weighted by molar-refractivity contribution is 6.23. The molecule has 6 amide bonds. The Balaban J connectivity index is 0.790. The second kappa shape index (κ2) is 16.6. The number of nitrogens with two attached hydrogens (primary N) is 1. The van der Waals surface area contributed by atoms with Gasteiger partial charge in [0.1, 0.15) is 11.8 Å². The summed E-state index contributed by atoms with van der Waals surface area (Å²) in [6.07, 6.45) is 3.82. The van der Waals surface area contributed by atoms with Gasteiger partial charge in [0.05, 0.1) is 27.9 Å². The molecule has 3 aromatic carbocycles. The molecule has 1 atom stereocenters. The molecule has 5 N–H and O–H groups in total. The zero-order valence-corrected chi connectivity index (χ0v) is 34.3. The number of carbonyl (C=O) groups is 6. The molecule has 0 saturated carbocycles. The molecule has 4 aromatic rings. The first-order valence-electron chi connectivity index (χ1n) is 21.4. The fourth-order valence-electron chi connectivity index (χ4n) is 9.88. The number of imide groups is 2. The van der Waals surface area contributed by atoms with Gasteiger partial charge in [-0.25, -0.2) is 0 Å². The van der Waals surface area contributed by atoms with Crippen LogP contribution in [0.25, 0.3) is 11.3 Å². The normalized spacial score (nSPS) is 20.9. The number of nitrogen functional groups attached to an aromatic ring is 1. The topological polar surface area (TPSA) is 211 Å². The van der Waals surface area contributed by atoms with E-state index in [1.165, 1.54) is 0 Å². The zero-order valence-electron chi connectivity index (χ0n) is 34.3. The van der Waals surface area contributed by atoms with Gasteiger partial charge in [0.25, 0.3) is 11.8 Å². The lowest BCUT2D eigenvalue weighted by Crippen LogP contribution is -2.56. The van der Waals surface area contributed by atoms with Gasteiger partial charge in [-0.1, -0.05) is 42.5 Å². The predicted molar refractivity (Wildman–Crippen MR) is 229 cm³/mol. The van der Waals surface area contributed by atoms with Crippen molar-refractivity contribution >= 4 is 52.6 Å². The van der Waals surface area contributed by atoms with E-state index in [-0.39, 0.29) is 59.3 Å². The molecule has 1 unspecified atom stereocenters. The van der Waals surface area contributed by atoms with Gasteiger partial charge < -0.3 is 30.9 Å². The van der Waals surface area contributed by atoms with Crippen LogP contribution in [0.1, 0.15) is 77.6 Å². The monoisotopic (exact) mass is 839 g/mol. The molecule has 0 spiro atoms. The third-order valence-corrected chi connectivity index (χ3v) is 13.5. The highest BCUT2D eigenvalue weighted by Crippen LogP contribution is 2.41. The molecule has 0 radical (unpaired) electrons. The number of anilines is 3. The molecule has 62 heavy (non-hydrogen) atoms. The molecule has 9 rings (SSSR count). The maximum absolute atomic E-state index is 14.7. The van der Waals surface area contributed by atoms with E-state index in [9.17, 15) is 33.9 Å². The number of likely N-dealkylation sites (tertiary alicyclic amines) is 1. The van der Waals surface area contributed by atoms with Crippen molar-refractivity contribution in [3.8, 4) is 17.0 Å². The number of carbonyl (C=O) groups excluding carboxylic acids is 6. The highest BCUT2D eigenvalue weighted by atomic mass is 16.3. The molecule has 1 aromatic heterocycles. The number of benzene rings is 3. The van der Waals surface area contributed by atoms with E-state index < -0.39 is 35.1 Å². The van der Waals surface area contributed by atoms with Crippen molar-refractivity contribution in [1.82, 2.24) is 30.6 Å². The molecule has 4 saturated heterocycles. The van der Waals surface area contributed by atoms with Crippen molar-refractivity contribution < 1.29 is 33.9 Å². The summed E-state index contributed by atoms with van der Waals surface area (Å²) in [7, 11) is 0. The number of rotatable bonds is 8. The number of fused-ring (bicyclic) bond motifs is 1. The molecule has 5 aliphatic heterocycles. The van der Waals surface area contributed by atoms with Gasteiger partial charge in [0, 0.05) is 68.9 Å². The average molecular weight is 840 g/mol. The van der Waals surface area contributed by atoms with Gasteiger partial charge in [-0.3, -0.25) is 39.0 Å².